The third kappa shape index (κ3) is 2.87. The molecular weight excluding hydrogens is 282 g/mol. The fourth-order valence-corrected chi connectivity index (χ4v) is 2.55. The number of hydrogen-bond acceptors (Lipinski definition) is 3. The summed E-state index contributed by atoms with van der Waals surface area (Å²) >= 11 is 3.42. The third-order valence-electron chi connectivity index (χ3n) is 3.20. The molecule has 3 atom stereocenters. The van der Waals surface area contributed by atoms with E-state index in [2.05, 4.69) is 40.3 Å². The van der Waals surface area contributed by atoms with Gasteiger partial charge >= 0.3 is 5.97 Å². The number of halogens is 1. The van der Waals surface area contributed by atoms with Crippen LogP contribution in [0.15, 0.2) is 28.7 Å². The largest absolute Gasteiger partial charge is 0.461 e. The van der Waals surface area contributed by atoms with Crippen LogP contribution < -0.4 is 5.32 Å². The second-order valence-corrected chi connectivity index (χ2v) is 5.36. The predicted molar refractivity (Wildman–Crippen MR) is 69.6 cm³/mol. The van der Waals surface area contributed by atoms with Crippen LogP contribution in [0.1, 0.15) is 25.5 Å². The van der Waals surface area contributed by atoms with Gasteiger partial charge in [-0.2, -0.15) is 0 Å². The molecule has 0 saturated carbocycles. The molecule has 1 N–H and O–H groups in total. The summed E-state index contributed by atoms with van der Waals surface area (Å²) in [6.07, 6.45) is -0.0267. The Bertz CT molecular complexity index is 404. The summed E-state index contributed by atoms with van der Waals surface area (Å²) in [6.45, 7) is 4.29. The van der Waals surface area contributed by atoms with Crippen molar-refractivity contribution in [2.75, 3.05) is 6.54 Å². The quantitative estimate of drug-likeness (QED) is 0.853. The molecule has 0 bridgehead atoms. The minimum Gasteiger partial charge on any atom is -0.461 e. The van der Waals surface area contributed by atoms with Crippen LogP contribution in [0.5, 0.6) is 0 Å². The van der Waals surface area contributed by atoms with Gasteiger partial charge in [-0.15, -0.1) is 0 Å². The maximum absolute atomic E-state index is 11.0. The van der Waals surface area contributed by atoms with E-state index in [-0.39, 0.29) is 18.1 Å². The van der Waals surface area contributed by atoms with Crippen molar-refractivity contribution < 1.29 is 9.53 Å². The highest BCUT2D eigenvalue weighted by molar-refractivity contribution is 9.10. The molecule has 0 radical (unpaired) electrons. The highest BCUT2D eigenvalue weighted by atomic mass is 79.9. The molecular formula is C13H16BrNO2. The van der Waals surface area contributed by atoms with E-state index >= 15 is 0 Å². The summed E-state index contributed by atoms with van der Waals surface area (Å²) in [4.78, 5) is 11.0. The van der Waals surface area contributed by atoms with Crippen molar-refractivity contribution in [1.82, 2.24) is 5.32 Å². The Kier molecular flexibility index (Phi) is 3.84. The summed E-state index contributed by atoms with van der Waals surface area (Å²) in [5.74, 6) is 0.0835. The van der Waals surface area contributed by atoms with Crippen molar-refractivity contribution in [1.29, 1.82) is 0 Å². The van der Waals surface area contributed by atoms with Crippen LogP contribution in [0.4, 0.5) is 0 Å². The summed E-state index contributed by atoms with van der Waals surface area (Å²) in [5.41, 5.74) is 1.23. The van der Waals surface area contributed by atoms with Gasteiger partial charge in [0.25, 0.3) is 0 Å². The van der Waals surface area contributed by atoms with Gasteiger partial charge in [0.05, 0.1) is 0 Å². The Hall–Kier alpha value is -0.870. The van der Waals surface area contributed by atoms with E-state index in [0.29, 0.717) is 5.92 Å². The molecule has 1 aliphatic rings. The summed E-state index contributed by atoms with van der Waals surface area (Å²) in [7, 11) is 0. The summed E-state index contributed by atoms with van der Waals surface area (Å²) in [5, 5.41) is 3.41. The smallest absolute Gasteiger partial charge is 0.302 e. The van der Waals surface area contributed by atoms with Crippen molar-refractivity contribution in [2.45, 2.75) is 26.0 Å². The second-order valence-electron chi connectivity index (χ2n) is 4.44. The molecule has 0 amide bonds. The van der Waals surface area contributed by atoms with Crippen molar-refractivity contribution >= 4 is 21.9 Å². The lowest BCUT2D eigenvalue weighted by molar-refractivity contribution is -0.147. The first-order valence-electron chi connectivity index (χ1n) is 5.74. The Labute approximate surface area is 110 Å². The lowest BCUT2D eigenvalue weighted by atomic mass is 9.94. The molecule has 0 aromatic heterocycles. The minimum absolute atomic E-state index is 0.0267. The molecule has 2 rings (SSSR count). The van der Waals surface area contributed by atoms with Gasteiger partial charge in [-0.3, -0.25) is 4.79 Å². The van der Waals surface area contributed by atoms with Crippen molar-refractivity contribution in [3.05, 3.63) is 34.3 Å². The molecule has 1 aromatic carbocycles. The average Bonchev–Trinajstić information content (AvgIpc) is 2.61. The van der Waals surface area contributed by atoms with E-state index in [1.807, 2.05) is 12.1 Å². The molecule has 0 aliphatic carbocycles. The Morgan fingerprint density at radius 3 is 2.65 bits per heavy atom. The fraction of sp³-hybridized carbons (Fsp3) is 0.462. The van der Waals surface area contributed by atoms with Gasteiger partial charge < -0.3 is 10.1 Å². The number of hydrogen-bond donors (Lipinski definition) is 1. The monoisotopic (exact) mass is 297 g/mol. The first-order chi connectivity index (χ1) is 8.08. The van der Waals surface area contributed by atoms with Gasteiger partial charge in [0.1, 0.15) is 6.10 Å². The molecule has 0 spiro atoms. The van der Waals surface area contributed by atoms with Gasteiger partial charge in [-0.05, 0) is 17.7 Å². The predicted octanol–water partition coefficient (Wildman–Crippen LogP) is 2.66. The molecule has 4 heteroatoms. The SMILES string of the molecule is CC(=O)O[C@H]1CN[C@H](c2ccc(Br)cc2)[C@H]1C. The van der Waals surface area contributed by atoms with Crippen LogP contribution in [0, 0.1) is 5.92 Å². The average molecular weight is 298 g/mol. The van der Waals surface area contributed by atoms with Crippen LogP contribution in [0.3, 0.4) is 0 Å². The number of ether oxygens (including phenoxy) is 1. The van der Waals surface area contributed by atoms with E-state index in [0.717, 1.165) is 11.0 Å². The van der Waals surface area contributed by atoms with Gasteiger partial charge in [0.2, 0.25) is 0 Å². The molecule has 3 nitrogen and oxygen atoms in total. The van der Waals surface area contributed by atoms with Crippen LogP contribution in [0.2, 0.25) is 0 Å². The zero-order valence-electron chi connectivity index (χ0n) is 9.94. The van der Waals surface area contributed by atoms with Crippen molar-refractivity contribution in [2.24, 2.45) is 5.92 Å². The van der Waals surface area contributed by atoms with Crippen molar-refractivity contribution in [3.63, 3.8) is 0 Å². The topological polar surface area (TPSA) is 38.3 Å². The van der Waals surface area contributed by atoms with Crippen LogP contribution in [-0.4, -0.2) is 18.6 Å². The van der Waals surface area contributed by atoms with Gasteiger partial charge in [0.15, 0.2) is 0 Å². The normalized spacial score (nSPS) is 28.1. The lowest BCUT2D eigenvalue weighted by Gasteiger charge is -2.19. The molecule has 1 heterocycles. The maximum Gasteiger partial charge on any atom is 0.302 e. The number of esters is 1. The maximum atomic E-state index is 11.0. The zero-order valence-corrected chi connectivity index (χ0v) is 11.5. The number of carbonyl (C=O) groups is 1. The van der Waals surface area contributed by atoms with E-state index in [1.54, 1.807) is 0 Å². The van der Waals surface area contributed by atoms with Gasteiger partial charge in [0, 0.05) is 29.9 Å². The van der Waals surface area contributed by atoms with E-state index in [1.165, 1.54) is 12.5 Å². The zero-order chi connectivity index (χ0) is 12.4. The van der Waals surface area contributed by atoms with Crippen LogP contribution in [-0.2, 0) is 9.53 Å². The molecule has 1 fully saturated rings. The van der Waals surface area contributed by atoms with E-state index in [4.69, 9.17) is 4.74 Å². The molecule has 17 heavy (non-hydrogen) atoms. The highest BCUT2D eigenvalue weighted by Gasteiger charge is 2.35. The molecule has 92 valence electrons. The van der Waals surface area contributed by atoms with Gasteiger partial charge in [-0.25, -0.2) is 0 Å². The number of benzene rings is 1. The Morgan fingerprint density at radius 2 is 2.06 bits per heavy atom. The Balaban J connectivity index is 2.09. The van der Waals surface area contributed by atoms with Gasteiger partial charge in [-0.1, -0.05) is 35.0 Å². The fourth-order valence-electron chi connectivity index (χ4n) is 2.28. The molecule has 1 aliphatic heterocycles. The van der Waals surface area contributed by atoms with Crippen LogP contribution >= 0.6 is 15.9 Å². The first kappa shape index (κ1) is 12.6. The molecule has 0 unspecified atom stereocenters. The first-order valence-corrected chi connectivity index (χ1v) is 6.53. The molecule has 1 aromatic rings. The highest BCUT2D eigenvalue weighted by Crippen LogP contribution is 2.31. The number of nitrogens with one attached hydrogen (secondary N) is 1. The second kappa shape index (κ2) is 5.19. The number of rotatable bonds is 2. The lowest BCUT2D eigenvalue weighted by Crippen LogP contribution is -2.23. The van der Waals surface area contributed by atoms with E-state index in [9.17, 15) is 4.79 Å². The molecule has 1 saturated heterocycles. The standard InChI is InChI=1S/C13H16BrNO2/c1-8-12(17-9(2)16)7-15-13(8)10-3-5-11(14)6-4-10/h3-6,8,12-13,15H,7H2,1-2H3/t8-,12-,13-/m0/s1. The summed E-state index contributed by atoms with van der Waals surface area (Å²) in [6, 6.07) is 8.50. The number of carbonyl (C=O) groups excluding carboxylic acids is 1. The van der Waals surface area contributed by atoms with Crippen LogP contribution in [0.25, 0.3) is 0 Å². The van der Waals surface area contributed by atoms with E-state index < -0.39 is 0 Å². The van der Waals surface area contributed by atoms with Crippen molar-refractivity contribution in [3.8, 4) is 0 Å². The minimum atomic E-state index is -0.208. The third-order valence-corrected chi connectivity index (χ3v) is 3.73. The Morgan fingerprint density at radius 1 is 1.41 bits per heavy atom. The summed E-state index contributed by atoms with van der Waals surface area (Å²) < 4.78 is 6.36.